The minimum atomic E-state index is -0.168. The number of ether oxygens (including phenoxy) is 1. The lowest BCUT2D eigenvalue weighted by molar-refractivity contribution is 0.0815. The van der Waals surface area contributed by atoms with Crippen LogP contribution in [0, 0.1) is 5.92 Å². The van der Waals surface area contributed by atoms with E-state index in [1.165, 1.54) is 12.8 Å². The summed E-state index contributed by atoms with van der Waals surface area (Å²) in [4.78, 5) is 13.8. The van der Waals surface area contributed by atoms with Gasteiger partial charge in [-0.2, -0.15) is 0 Å². The van der Waals surface area contributed by atoms with Crippen LogP contribution in [0.5, 0.6) is 0 Å². The molecule has 104 valence electrons. The summed E-state index contributed by atoms with van der Waals surface area (Å²) in [5.74, 6) is 0.795. The molecule has 0 aromatic heterocycles. The fraction of sp³-hybridized carbons (Fsp3) is 0.562. The maximum Gasteiger partial charge on any atom is 0.410 e. The van der Waals surface area contributed by atoms with Crippen molar-refractivity contribution in [1.29, 1.82) is 0 Å². The first-order chi connectivity index (χ1) is 9.29. The molecule has 3 nitrogen and oxygen atoms in total. The van der Waals surface area contributed by atoms with Crippen molar-refractivity contribution in [3.05, 3.63) is 35.9 Å². The Kier molecular flexibility index (Phi) is 5.25. The number of nitrogens with zero attached hydrogens (tertiary/aromatic N) is 1. The monoisotopic (exact) mass is 261 g/mol. The molecule has 2 rings (SSSR count). The van der Waals surface area contributed by atoms with Crippen LogP contribution in [-0.2, 0) is 11.3 Å². The van der Waals surface area contributed by atoms with E-state index in [0.29, 0.717) is 6.61 Å². The summed E-state index contributed by atoms with van der Waals surface area (Å²) in [6, 6.07) is 9.82. The largest absolute Gasteiger partial charge is 0.445 e. The molecule has 0 spiro atoms. The Morgan fingerprint density at radius 3 is 2.58 bits per heavy atom. The van der Waals surface area contributed by atoms with Crippen molar-refractivity contribution in [3.63, 3.8) is 0 Å². The fourth-order valence-electron chi connectivity index (χ4n) is 2.62. The van der Waals surface area contributed by atoms with Crippen molar-refractivity contribution >= 4 is 6.09 Å². The Morgan fingerprint density at radius 2 is 1.95 bits per heavy atom. The summed E-state index contributed by atoms with van der Waals surface area (Å²) in [6.07, 6.45) is 4.59. The molecule has 19 heavy (non-hydrogen) atoms. The van der Waals surface area contributed by atoms with E-state index in [2.05, 4.69) is 6.92 Å². The average Bonchev–Trinajstić information content (AvgIpc) is 2.47. The smallest absolute Gasteiger partial charge is 0.410 e. The lowest BCUT2D eigenvalue weighted by Crippen LogP contribution is -2.38. The van der Waals surface area contributed by atoms with Crippen LogP contribution in [0.1, 0.15) is 38.2 Å². The Hall–Kier alpha value is -1.51. The van der Waals surface area contributed by atoms with Gasteiger partial charge in [0.25, 0.3) is 0 Å². The van der Waals surface area contributed by atoms with Crippen molar-refractivity contribution in [2.75, 3.05) is 13.1 Å². The van der Waals surface area contributed by atoms with E-state index in [9.17, 15) is 4.79 Å². The predicted octanol–water partition coefficient (Wildman–Crippen LogP) is 3.84. The molecule has 3 heteroatoms. The SMILES string of the molecule is CCCC1CCN(C(=O)OCc2ccccc2)CC1. The summed E-state index contributed by atoms with van der Waals surface area (Å²) in [5.41, 5.74) is 1.04. The van der Waals surface area contributed by atoms with Crippen molar-refractivity contribution < 1.29 is 9.53 Å². The van der Waals surface area contributed by atoms with E-state index in [-0.39, 0.29) is 6.09 Å². The second kappa shape index (κ2) is 7.17. The van der Waals surface area contributed by atoms with Crippen LogP contribution in [-0.4, -0.2) is 24.1 Å². The first-order valence-corrected chi connectivity index (χ1v) is 7.25. The van der Waals surface area contributed by atoms with Gasteiger partial charge in [-0.3, -0.25) is 0 Å². The summed E-state index contributed by atoms with van der Waals surface area (Å²) in [7, 11) is 0. The minimum Gasteiger partial charge on any atom is -0.445 e. The molecule has 0 saturated carbocycles. The highest BCUT2D eigenvalue weighted by Gasteiger charge is 2.23. The molecule has 0 N–H and O–H groups in total. The van der Waals surface area contributed by atoms with Gasteiger partial charge in [-0.1, -0.05) is 50.1 Å². The summed E-state index contributed by atoms with van der Waals surface area (Å²) in [5, 5.41) is 0. The molecule has 1 fully saturated rings. The van der Waals surface area contributed by atoms with Crippen LogP contribution >= 0.6 is 0 Å². The van der Waals surface area contributed by atoms with Gasteiger partial charge < -0.3 is 9.64 Å². The highest BCUT2D eigenvalue weighted by atomic mass is 16.6. The van der Waals surface area contributed by atoms with Crippen LogP contribution in [0.2, 0.25) is 0 Å². The lowest BCUT2D eigenvalue weighted by atomic mass is 9.93. The maximum atomic E-state index is 11.9. The van der Waals surface area contributed by atoms with E-state index in [4.69, 9.17) is 4.74 Å². The Balaban J connectivity index is 1.73. The van der Waals surface area contributed by atoms with Crippen LogP contribution in [0.25, 0.3) is 0 Å². The Labute approximate surface area is 115 Å². The number of benzene rings is 1. The van der Waals surface area contributed by atoms with Crippen LogP contribution in [0.3, 0.4) is 0 Å². The molecule has 1 aromatic rings. The molecule has 1 aliphatic rings. The molecule has 0 aliphatic carbocycles. The fourth-order valence-corrected chi connectivity index (χ4v) is 2.62. The third kappa shape index (κ3) is 4.27. The number of carbonyl (C=O) groups is 1. The Morgan fingerprint density at radius 1 is 1.26 bits per heavy atom. The molecule has 0 atom stereocenters. The number of likely N-dealkylation sites (tertiary alicyclic amines) is 1. The lowest BCUT2D eigenvalue weighted by Gasteiger charge is -2.31. The number of amides is 1. The summed E-state index contributed by atoms with van der Waals surface area (Å²) >= 11 is 0. The van der Waals surface area contributed by atoms with E-state index < -0.39 is 0 Å². The van der Waals surface area contributed by atoms with Gasteiger partial charge in [-0.15, -0.1) is 0 Å². The summed E-state index contributed by atoms with van der Waals surface area (Å²) < 4.78 is 5.35. The topological polar surface area (TPSA) is 29.5 Å². The first kappa shape index (κ1) is 13.9. The number of hydrogen-bond acceptors (Lipinski definition) is 2. The van der Waals surface area contributed by atoms with Crippen molar-refractivity contribution in [2.45, 2.75) is 39.2 Å². The van der Waals surface area contributed by atoms with Gasteiger partial charge in [-0.05, 0) is 24.3 Å². The van der Waals surface area contributed by atoms with Crippen LogP contribution in [0.15, 0.2) is 30.3 Å². The zero-order valence-corrected chi connectivity index (χ0v) is 11.7. The molecule has 1 aliphatic heterocycles. The third-order valence-electron chi connectivity index (χ3n) is 3.77. The minimum absolute atomic E-state index is 0.168. The van der Waals surface area contributed by atoms with Crippen molar-refractivity contribution in [1.82, 2.24) is 4.90 Å². The van der Waals surface area contributed by atoms with E-state index in [0.717, 1.165) is 37.4 Å². The normalized spacial score (nSPS) is 16.4. The highest BCUT2D eigenvalue weighted by Crippen LogP contribution is 2.22. The van der Waals surface area contributed by atoms with Gasteiger partial charge in [0.05, 0.1) is 0 Å². The standard InChI is InChI=1S/C16H23NO2/c1-2-6-14-9-11-17(12-10-14)16(18)19-13-15-7-4-3-5-8-15/h3-5,7-8,14H,2,6,9-13H2,1H3. The number of piperidine rings is 1. The number of carbonyl (C=O) groups excluding carboxylic acids is 1. The molecular formula is C16H23NO2. The third-order valence-corrected chi connectivity index (χ3v) is 3.77. The molecule has 0 bridgehead atoms. The van der Waals surface area contributed by atoms with E-state index in [1.807, 2.05) is 35.2 Å². The molecule has 1 heterocycles. The zero-order valence-electron chi connectivity index (χ0n) is 11.7. The Bertz CT molecular complexity index is 383. The second-order valence-electron chi connectivity index (χ2n) is 5.26. The van der Waals surface area contributed by atoms with E-state index in [1.54, 1.807) is 0 Å². The highest BCUT2D eigenvalue weighted by molar-refractivity contribution is 5.67. The van der Waals surface area contributed by atoms with Gasteiger partial charge in [0.15, 0.2) is 0 Å². The van der Waals surface area contributed by atoms with Crippen molar-refractivity contribution in [3.8, 4) is 0 Å². The first-order valence-electron chi connectivity index (χ1n) is 7.25. The van der Waals surface area contributed by atoms with E-state index >= 15 is 0 Å². The van der Waals surface area contributed by atoms with Gasteiger partial charge in [0.2, 0.25) is 0 Å². The second-order valence-corrected chi connectivity index (χ2v) is 5.26. The van der Waals surface area contributed by atoms with Crippen LogP contribution in [0.4, 0.5) is 4.79 Å². The zero-order chi connectivity index (χ0) is 13.5. The average molecular weight is 261 g/mol. The number of hydrogen-bond donors (Lipinski definition) is 0. The molecule has 1 amide bonds. The molecular weight excluding hydrogens is 238 g/mol. The van der Waals surface area contributed by atoms with Crippen molar-refractivity contribution in [2.24, 2.45) is 5.92 Å². The van der Waals surface area contributed by atoms with Gasteiger partial charge in [0.1, 0.15) is 6.61 Å². The van der Waals surface area contributed by atoms with Gasteiger partial charge in [-0.25, -0.2) is 4.79 Å². The quantitative estimate of drug-likeness (QED) is 0.824. The molecule has 1 saturated heterocycles. The van der Waals surface area contributed by atoms with Gasteiger partial charge >= 0.3 is 6.09 Å². The molecule has 0 radical (unpaired) electrons. The predicted molar refractivity (Wildman–Crippen MR) is 75.8 cm³/mol. The number of rotatable bonds is 4. The molecule has 1 aromatic carbocycles. The maximum absolute atomic E-state index is 11.9. The van der Waals surface area contributed by atoms with Crippen LogP contribution < -0.4 is 0 Å². The summed E-state index contributed by atoms with van der Waals surface area (Å²) in [6.45, 7) is 4.28. The molecule has 0 unspecified atom stereocenters. The van der Waals surface area contributed by atoms with Gasteiger partial charge in [0, 0.05) is 13.1 Å².